The van der Waals surface area contributed by atoms with Crippen LogP contribution < -0.4 is 5.32 Å². The van der Waals surface area contributed by atoms with E-state index in [1.54, 1.807) is 29.8 Å². The topological polar surface area (TPSA) is 42.0 Å². The molecule has 5 heteroatoms. The predicted octanol–water partition coefficient (Wildman–Crippen LogP) is 3.87. The van der Waals surface area contributed by atoms with E-state index in [1.807, 2.05) is 6.07 Å². The van der Waals surface area contributed by atoms with Crippen LogP contribution in [0.25, 0.3) is 0 Å². The predicted molar refractivity (Wildman–Crippen MR) is 77.8 cm³/mol. The maximum Gasteiger partial charge on any atom is 0.224 e. The number of aryl methyl sites for hydroxylation is 1. The van der Waals surface area contributed by atoms with Crippen LogP contribution in [0.4, 0.5) is 5.69 Å². The normalized spacial score (nSPS) is 10.3. The summed E-state index contributed by atoms with van der Waals surface area (Å²) >= 11 is 5.08. The van der Waals surface area contributed by atoms with Crippen molar-refractivity contribution < 1.29 is 4.79 Å². The van der Waals surface area contributed by atoms with Gasteiger partial charge in [-0.2, -0.15) is 0 Å². The number of halogens is 1. The standard InChI is InChI=1S/C13H13BrN2OS/c14-11-9-15-7-6-12(11)16-13(17)5-1-3-10-4-2-8-18-10/h2,4,6-9H,1,3,5H2,(H,15,16,17). The number of nitrogens with one attached hydrogen (secondary N) is 1. The molecule has 0 unspecified atom stereocenters. The minimum atomic E-state index is 0.0402. The second kappa shape index (κ2) is 6.66. The van der Waals surface area contributed by atoms with Gasteiger partial charge in [-0.25, -0.2) is 0 Å². The number of carbonyl (C=O) groups is 1. The molecule has 0 spiro atoms. The molecule has 18 heavy (non-hydrogen) atoms. The summed E-state index contributed by atoms with van der Waals surface area (Å²) in [6, 6.07) is 5.91. The molecule has 0 aliphatic rings. The fourth-order valence-corrected chi connectivity index (χ4v) is 2.67. The molecular weight excluding hydrogens is 312 g/mol. The first-order valence-corrected chi connectivity index (χ1v) is 7.35. The Bertz CT molecular complexity index is 513. The number of amides is 1. The van der Waals surface area contributed by atoms with Crippen LogP contribution in [0.1, 0.15) is 17.7 Å². The van der Waals surface area contributed by atoms with E-state index in [9.17, 15) is 4.79 Å². The molecule has 0 atom stereocenters. The van der Waals surface area contributed by atoms with Crippen LogP contribution in [0.2, 0.25) is 0 Å². The van der Waals surface area contributed by atoms with Crippen LogP contribution in [0, 0.1) is 0 Å². The Morgan fingerprint density at radius 2 is 2.33 bits per heavy atom. The van der Waals surface area contributed by atoms with E-state index in [2.05, 4.69) is 37.7 Å². The fourth-order valence-electron chi connectivity index (χ4n) is 1.57. The summed E-state index contributed by atoms with van der Waals surface area (Å²) in [5, 5.41) is 4.93. The average molecular weight is 325 g/mol. The molecular formula is C13H13BrN2OS. The Hall–Kier alpha value is -1.20. The van der Waals surface area contributed by atoms with Crippen molar-refractivity contribution in [3.05, 3.63) is 45.3 Å². The smallest absolute Gasteiger partial charge is 0.224 e. The van der Waals surface area contributed by atoms with E-state index in [4.69, 9.17) is 0 Å². The van der Waals surface area contributed by atoms with Gasteiger partial charge in [0.1, 0.15) is 0 Å². The van der Waals surface area contributed by atoms with Crippen molar-refractivity contribution in [1.29, 1.82) is 0 Å². The number of rotatable bonds is 5. The highest BCUT2D eigenvalue weighted by molar-refractivity contribution is 9.10. The minimum absolute atomic E-state index is 0.0402. The SMILES string of the molecule is O=C(CCCc1cccs1)Nc1ccncc1Br. The maximum absolute atomic E-state index is 11.7. The van der Waals surface area contributed by atoms with Crippen molar-refractivity contribution in [1.82, 2.24) is 4.98 Å². The molecule has 0 aliphatic heterocycles. The van der Waals surface area contributed by atoms with Gasteiger partial charge in [0.15, 0.2) is 0 Å². The number of aromatic nitrogens is 1. The number of carbonyl (C=O) groups excluding carboxylic acids is 1. The molecule has 1 amide bonds. The number of pyridine rings is 1. The highest BCUT2D eigenvalue weighted by atomic mass is 79.9. The number of thiophene rings is 1. The molecule has 3 nitrogen and oxygen atoms in total. The lowest BCUT2D eigenvalue weighted by Crippen LogP contribution is -2.11. The van der Waals surface area contributed by atoms with Crippen LogP contribution in [-0.4, -0.2) is 10.9 Å². The van der Waals surface area contributed by atoms with Gasteiger partial charge in [-0.3, -0.25) is 9.78 Å². The van der Waals surface area contributed by atoms with E-state index < -0.39 is 0 Å². The van der Waals surface area contributed by atoms with Gasteiger partial charge in [-0.15, -0.1) is 11.3 Å². The Kier molecular flexibility index (Phi) is 4.90. The van der Waals surface area contributed by atoms with Crippen molar-refractivity contribution in [3.63, 3.8) is 0 Å². The van der Waals surface area contributed by atoms with Crippen LogP contribution in [0.15, 0.2) is 40.4 Å². The summed E-state index contributed by atoms with van der Waals surface area (Å²) in [6.07, 6.45) is 5.69. The molecule has 0 saturated heterocycles. The second-order valence-corrected chi connectivity index (χ2v) is 5.72. The lowest BCUT2D eigenvalue weighted by molar-refractivity contribution is -0.116. The van der Waals surface area contributed by atoms with E-state index >= 15 is 0 Å². The Morgan fingerprint density at radius 3 is 3.06 bits per heavy atom. The molecule has 94 valence electrons. The Labute approximate surface area is 118 Å². The number of hydrogen-bond donors (Lipinski definition) is 1. The number of anilines is 1. The molecule has 2 rings (SSSR count). The molecule has 0 aromatic carbocycles. The zero-order valence-electron chi connectivity index (χ0n) is 9.73. The van der Waals surface area contributed by atoms with Gasteiger partial charge >= 0.3 is 0 Å². The summed E-state index contributed by atoms with van der Waals surface area (Å²) in [5.41, 5.74) is 0.770. The van der Waals surface area contributed by atoms with Crippen molar-refractivity contribution in [2.45, 2.75) is 19.3 Å². The highest BCUT2D eigenvalue weighted by Crippen LogP contribution is 2.20. The van der Waals surface area contributed by atoms with Crippen LogP contribution in [-0.2, 0) is 11.2 Å². The maximum atomic E-state index is 11.7. The first-order valence-electron chi connectivity index (χ1n) is 5.67. The first-order chi connectivity index (χ1) is 8.75. The summed E-state index contributed by atoms with van der Waals surface area (Å²) in [4.78, 5) is 17.0. The first kappa shape index (κ1) is 13.2. The quantitative estimate of drug-likeness (QED) is 0.907. The fraction of sp³-hybridized carbons (Fsp3) is 0.231. The number of hydrogen-bond acceptors (Lipinski definition) is 3. The zero-order valence-corrected chi connectivity index (χ0v) is 12.1. The summed E-state index contributed by atoms with van der Waals surface area (Å²) in [6.45, 7) is 0. The van der Waals surface area contributed by atoms with E-state index in [0.29, 0.717) is 6.42 Å². The molecule has 0 saturated carbocycles. The molecule has 0 aliphatic carbocycles. The third-order valence-electron chi connectivity index (χ3n) is 2.45. The lowest BCUT2D eigenvalue weighted by Gasteiger charge is -2.06. The largest absolute Gasteiger partial charge is 0.325 e. The average Bonchev–Trinajstić information content (AvgIpc) is 2.85. The van der Waals surface area contributed by atoms with Gasteiger partial charge in [-0.05, 0) is 46.3 Å². The molecule has 0 radical (unpaired) electrons. The van der Waals surface area contributed by atoms with Crippen molar-refractivity contribution in [2.24, 2.45) is 0 Å². The third kappa shape index (κ3) is 3.92. The number of nitrogens with zero attached hydrogens (tertiary/aromatic N) is 1. The van der Waals surface area contributed by atoms with E-state index in [-0.39, 0.29) is 5.91 Å². The molecule has 1 N–H and O–H groups in total. The van der Waals surface area contributed by atoms with E-state index in [1.165, 1.54) is 4.88 Å². The zero-order chi connectivity index (χ0) is 12.8. The molecule has 0 fully saturated rings. The van der Waals surface area contributed by atoms with Crippen molar-refractivity contribution in [2.75, 3.05) is 5.32 Å². The summed E-state index contributed by atoms with van der Waals surface area (Å²) in [5.74, 6) is 0.0402. The second-order valence-electron chi connectivity index (χ2n) is 3.84. The summed E-state index contributed by atoms with van der Waals surface area (Å²) in [7, 11) is 0. The van der Waals surface area contributed by atoms with Crippen LogP contribution in [0.3, 0.4) is 0 Å². The van der Waals surface area contributed by atoms with Gasteiger partial charge in [0, 0.05) is 23.7 Å². The van der Waals surface area contributed by atoms with Crippen LogP contribution in [0.5, 0.6) is 0 Å². The van der Waals surface area contributed by atoms with Crippen molar-refractivity contribution in [3.8, 4) is 0 Å². The van der Waals surface area contributed by atoms with Crippen LogP contribution >= 0.6 is 27.3 Å². The van der Waals surface area contributed by atoms with Crippen molar-refractivity contribution >= 4 is 38.9 Å². The third-order valence-corrected chi connectivity index (χ3v) is 4.02. The van der Waals surface area contributed by atoms with Gasteiger partial charge in [0.25, 0.3) is 0 Å². The van der Waals surface area contributed by atoms with Gasteiger partial charge < -0.3 is 5.32 Å². The van der Waals surface area contributed by atoms with Gasteiger partial charge in [-0.1, -0.05) is 6.07 Å². The Balaban J connectivity index is 1.77. The summed E-state index contributed by atoms with van der Waals surface area (Å²) < 4.78 is 0.802. The van der Waals surface area contributed by atoms with E-state index in [0.717, 1.165) is 23.0 Å². The molecule has 0 bridgehead atoms. The molecule has 2 aromatic heterocycles. The van der Waals surface area contributed by atoms with Gasteiger partial charge in [0.2, 0.25) is 5.91 Å². The molecule has 2 heterocycles. The van der Waals surface area contributed by atoms with Gasteiger partial charge in [0.05, 0.1) is 10.2 Å². The Morgan fingerprint density at radius 1 is 1.44 bits per heavy atom. The highest BCUT2D eigenvalue weighted by Gasteiger charge is 2.05. The molecule has 2 aromatic rings. The monoisotopic (exact) mass is 324 g/mol. The minimum Gasteiger partial charge on any atom is -0.325 e. The lowest BCUT2D eigenvalue weighted by atomic mass is 10.2.